The largest absolute Gasteiger partial charge is 0.469 e. The zero-order chi connectivity index (χ0) is 11.4. The third kappa shape index (κ3) is 2.35. The summed E-state index contributed by atoms with van der Waals surface area (Å²) in [7, 11) is 1.44. The summed E-state index contributed by atoms with van der Waals surface area (Å²) < 4.78 is 4.63. The molecule has 0 bridgehead atoms. The number of para-hydroxylation sites is 1. The molecule has 0 saturated heterocycles. The summed E-state index contributed by atoms with van der Waals surface area (Å²) in [4.78, 5) is 11.0. The fraction of sp³-hybridized carbons (Fsp3) is 0.462. The third-order valence-electron chi connectivity index (χ3n) is 3.10. The second-order valence-electron chi connectivity index (χ2n) is 4.13. The van der Waals surface area contributed by atoms with Crippen LogP contribution in [0.5, 0.6) is 0 Å². The highest BCUT2D eigenvalue weighted by Crippen LogP contribution is 2.34. The summed E-state index contributed by atoms with van der Waals surface area (Å²) in [5.74, 6) is 0.431. The second-order valence-corrected chi connectivity index (χ2v) is 4.13. The lowest BCUT2D eigenvalue weighted by molar-refractivity contribution is -0.140. The molecule has 1 aromatic carbocycles. The van der Waals surface area contributed by atoms with E-state index >= 15 is 0 Å². The van der Waals surface area contributed by atoms with E-state index in [4.69, 9.17) is 0 Å². The number of ether oxygens (including phenoxy) is 1. The summed E-state index contributed by atoms with van der Waals surface area (Å²) in [6.45, 7) is 0.987. The highest BCUT2D eigenvalue weighted by molar-refractivity contribution is 5.69. The minimum atomic E-state index is -0.112. The van der Waals surface area contributed by atoms with Gasteiger partial charge < -0.3 is 10.1 Å². The van der Waals surface area contributed by atoms with Gasteiger partial charge in [-0.15, -0.1) is 0 Å². The van der Waals surface area contributed by atoms with E-state index in [1.165, 1.54) is 18.4 Å². The maximum Gasteiger partial charge on any atom is 0.305 e. The zero-order valence-electron chi connectivity index (χ0n) is 9.53. The first kappa shape index (κ1) is 11.0. The van der Waals surface area contributed by atoms with Gasteiger partial charge in [-0.2, -0.15) is 0 Å². The molecular formula is C13H17NO2. The molecule has 0 saturated carbocycles. The van der Waals surface area contributed by atoms with E-state index in [-0.39, 0.29) is 5.97 Å². The van der Waals surface area contributed by atoms with Gasteiger partial charge in [-0.05, 0) is 24.5 Å². The topological polar surface area (TPSA) is 38.3 Å². The van der Waals surface area contributed by atoms with E-state index in [2.05, 4.69) is 28.3 Å². The van der Waals surface area contributed by atoms with Gasteiger partial charge >= 0.3 is 5.97 Å². The standard InChI is InChI=1S/C13H17NO2/c1-16-13(15)8-4-5-10-9-14-12-7-3-2-6-11(10)12/h2-3,6-7,10,14H,4-5,8-9H2,1H3. The van der Waals surface area contributed by atoms with E-state index in [1.807, 2.05) is 6.07 Å². The van der Waals surface area contributed by atoms with Crippen molar-refractivity contribution in [1.29, 1.82) is 0 Å². The van der Waals surface area contributed by atoms with Gasteiger partial charge in [0.2, 0.25) is 0 Å². The van der Waals surface area contributed by atoms with Gasteiger partial charge in [0, 0.05) is 24.6 Å². The van der Waals surface area contributed by atoms with Crippen molar-refractivity contribution in [3.63, 3.8) is 0 Å². The number of methoxy groups -OCH3 is 1. The van der Waals surface area contributed by atoms with Crippen molar-refractivity contribution < 1.29 is 9.53 Å². The summed E-state index contributed by atoms with van der Waals surface area (Å²) in [6, 6.07) is 8.38. The first-order valence-corrected chi connectivity index (χ1v) is 5.71. The van der Waals surface area contributed by atoms with Crippen molar-refractivity contribution in [2.45, 2.75) is 25.2 Å². The molecule has 86 valence electrons. The van der Waals surface area contributed by atoms with Gasteiger partial charge in [-0.25, -0.2) is 0 Å². The normalized spacial score (nSPS) is 17.7. The lowest BCUT2D eigenvalue weighted by Crippen LogP contribution is -2.04. The Morgan fingerprint density at radius 3 is 3.12 bits per heavy atom. The molecular weight excluding hydrogens is 202 g/mol. The van der Waals surface area contributed by atoms with Crippen LogP contribution in [-0.2, 0) is 9.53 Å². The number of carbonyl (C=O) groups excluding carboxylic acids is 1. The van der Waals surface area contributed by atoms with Gasteiger partial charge in [0.15, 0.2) is 0 Å². The van der Waals surface area contributed by atoms with Crippen molar-refractivity contribution in [1.82, 2.24) is 0 Å². The van der Waals surface area contributed by atoms with Gasteiger partial charge in [-0.3, -0.25) is 4.79 Å². The number of rotatable bonds is 4. The number of esters is 1. The second kappa shape index (κ2) is 5.01. The van der Waals surface area contributed by atoms with Crippen molar-refractivity contribution in [3.05, 3.63) is 29.8 Å². The number of anilines is 1. The Morgan fingerprint density at radius 1 is 1.50 bits per heavy atom. The van der Waals surface area contributed by atoms with Crippen LogP contribution in [0.25, 0.3) is 0 Å². The number of carbonyl (C=O) groups is 1. The molecule has 0 amide bonds. The lowest BCUT2D eigenvalue weighted by Gasteiger charge is -2.08. The van der Waals surface area contributed by atoms with Crippen LogP contribution < -0.4 is 5.32 Å². The highest BCUT2D eigenvalue weighted by Gasteiger charge is 2.21. The smallest absolute Gasteiger partial charge is 0.305 e. The molecule has 1 heterocycles. The Kier molecular flexibility index (Phi) is 3.44. The van der Waals surface area contributed by atoms with Crippen LogP contribution >= 0.6 is 0 Å². The summed E-state index contributed by atoms with van der Waals surface area (Å²) in [5.41, 5.74) is 2.62. The van der Waals surface area contributed by atoms with Crippen LogP contribution in [0.1, 0.15) is 30.7 Å². The lowest BCUT2D eigenvalue weighted by atomic mass is 9.95. The minimum absolute atomic E-state index is 0.112. The summed E-state index contributed by atoms with van der Waals surface area (Å²) >= 11 is 0. The van der Waals surface area contributed by atoms with Crippen LogP contribution in [0.4, 0.5) is 5.69 Å². The molecule has 2 rings (SSSR count). The number of nitrogens with one attached hydrogen (secondary N) is 1. The van der Waals surface area contributed by atoms with E-state index in [9.17, 15) is 4.79 Å². The molecule has 0 spiro atoms. The van der Waals surface area contributed by atoms with Gasteiger partial charge in [0.05, 0.1) is 7.11 Å². The molecule has 1 aliphatic rings. The molecule has 1 atom stereocenters. The first-order chi connectivity index (χ1) is 7.81. The molecule has 3 nitrogen and oxygen atoms in total. The number of benzene rings is 1. The average molecular weight is 219 g/mol. The predicted molar refractivity (Wildman–Crippen MR) is 63.5 cm³/mol. The Bertz CT molecular complexity index is 376. The monoisotopic (exact) mass is 219 g/mol. The van der Waals surface area contributed by atoms with E-state index in [1.54, 1.807) is 0 Å². The Morgan fingerprint density at radius 2 is 2.31 bits per heavy atom. The molecule has 1 unspecified atom stereocenters. The Balaban J connectivity index is 1.86. The van der Waals surface area contributed by atoms with Crippen LogP contribution in [0.3, 0.4) is 0 Å². The van der Waals surface area contributed by atoms with Crippen molar-refractivity contribution in [3.8, 4) is 0 Å². The van der Waals surface area contributed by atoms with Gasteiger partial charge in [0.25, 0.3) is 0 Å². The fourth-order valence-electron chi connectivity index (χ4n) is 2.21. The van der Waals surface area contributed by atoms with Crippen LogP contribution in [-0.4, -0.2) is 19.6 Å². The number of hydrogen-bond acceptors (Lipinski definition) is 3. The SMILES string of the molecule is COC(=O)CCCC1CNc2ccccc21. The Labute approximate surface area is 95.8 Å². The molecule has 0 radical (unpaired) electrons. The molecule has 1 N–H and O–H groups in total. The molecule has 16 heavy (non-hydrogen) atoms. The summed E-state index contributed by atoms with van der Waals surface area (Å²) in [6.07, 6.45) is 2.46. The molecule has 1 aliphatic heterocycles. The van der Waals surface area contributed by atoms with Crippen molar-refractivity contribution in [2.75, 3.05) is 19.0 Å². The maximum absolute atomic E-state index is 11.0. The predicted octanol–water partition coefficient (Wildman–Crippen LogP) is 2.54. The molecule has 0 aromatic heterocycles. The van der Waals surface area contributed by atoms with Gasteiger partial charge in [-0.1, -0.05) is 18.2 Å². The highest BCUT2D eigenvalue weighted by atomic mass is 16.5. The number of hydrogen-bond donors (Lipinski definition) is 1. The average Bonchev–Trinajstić information content (AvgIpc) is 2.73. The number of fused-ring (bicyclic) bond motifs is 1. The first-order valence-electron chi connectivity index (χ1n) is 5.71. The molecule has 0 fully saturated rings. The van der Waals surface area contributed by atoms with Crippen molar-refractivity contribution in [2.24, 2.45) is 0 Å². The molecule has 3 heteroatoms. The van der Waals surface area contributed by atoms with Crippen LogP contribution in [0.15, 0.2) is 24.3 Å². The van der Waals surface area contributed by atoms with E-state index in [0.717, 1.165) is 19.4 Å². The van der Waals surface area contributed by atoms with Crippen LogP contribution in [0.2, 0.25) is 0 Å². The van der Waals surface area contributed by atoms with E-state index < -0.39 is 0 Å². The minimum Gasteiger partial charge on any atom is -0.469 e. The quantitative estimate of drug-likeness (QED) is 0.791. The van der Waals surface area contributed by atoms with E-state index in [0.29, 0.717) is 12.3 Å². The fourth-order valence-corrected chi connectivity index (χ4v) is 2.21. The zero-order valence-corrected chi connectivity index (χ0v) is 9.53. The van der Waals surface area contributed by atoms with Gasteiger partial charge in [0.1, 0.15) is 0 Å². The molecule has 0 aliphatic carbocycles. The third-order valence-corrected chi connectivity index (χ3v) is 3.10. The van der Waals surface area contributed by atoms with Crippen LogP contribution in [0, 0.1) is 0 Å². The molecule has 1 aromatic rings. The maximum atomic E-state index is 11.0. The summed E-state index contributed by atoms with van der Waals surface area (Å²) in [5, 5.41) is 3.39. The Hall–Kier alpha value is -1.51. The van der Waals surface area contributed by atoms with Crippen molar-refractivity contribution >= 4 is 11.7 Å².